The van der Waals surface area contributed by atoms with Gasteiger partial charge in [-0.05, 0) is 50.4 Å². The third kappa shape index (κ3) is 3.63. The molecule has 1 N–H and O–H groups in total. The van der Waals surface area contributed by atoms with Crippen LogP contribution in [0.25, 0.3) is 0 Å². The SMILES string of the molecule is CCC(C)(C)C(=O)OC1CC2CC(C1CC(O)(C(F)(F)F)C(F)(F)F)C2(C)C. The van der Waals surface area contributed by atoms with Crippen LogP contribution >= 0.6 is 0 Å². The van der Waals surface area contributed by atoms with Gasteiger partial charge in [-0.3, -0.25) is 4.79 Å². The van der Waals surface area contributed by atoms with Crippen molar-refractivity contribution in [2.45, 2.75) is 84.4 Å². The van der Waals surface area contributed by atoms with Crippen LogP contribution in [0.15, 0.2) is 0 Å². The first-order valence-electron chi connectivity index (χ1n) is 9.45. The van der Waals surface area contributed by atoms with Gasteiger partial charge >= 0.3 is 18.3 Å². The van der Waals surface area contributed by atoms with Gasteiger partial charge in [-0.15, -0.1) is 0 Å². The van der Waals surface area contributed by atoms with Crippen LogP contribution in [0.5, 0.6) is 0 Å². The minimum atomic E-state index is -5.88. The molecular weight excluding hydrogens is 390 g/mol. The van der Waals surface area contributed by atoms with E-state index >= 15 is 0 Å². The van der Waals surface area contributed by atoms with Gasteiger partial charge in [0, 0.05) is 12.3 Å². The molecule has 3 fully saturated rings. The van der Waals surface area contributed by atoms with Gasteiger partial charge in [0.1, 0.15) is 6.10 Å². The summed E-state index contributed by atoms with van der Waals surface area (Å²) in [5.74, 6) is -2.32. The van der Waals surface area contributed by atoms with Gasteiger partial charge in [0.15, 0.2) is 0 Å². The van der Waals surface area contributed by atoms with Gasteiger partial charge < -0.3 is 9.84 Å². The summed E-state index contributed by atoms with van der Waals surface area (Å²) in [6, 6.07) is 0. The number of halogens is 6. The van der Waals surface area contributed by atoms with E-state index in [1.54, 1.807) is 34.6 Å². The molecule has 0 aromatic carbocycles. The van der Waals surface area contributed by atoms with Gasteiger partial charge in [0.05, 0.1) is 5.41 Å². The van der Waals surface area contributed by atoms with Crippen molar-refractivity contribution in [3.8, 4) is 0 Å². The van der Waals surface area contributed by atoms with Crippen LogP contribution in [-0.4, -0.2) is 35.1 Å². The molecule has 0 saturated heterocycles. The Labute approximate surface area is 160 Å². The van der Waals surface area contributed by atoms with Crippen molar-refractivity contribution in [3.63, 3.8) is 0 Å². The smallest absolute Gasteiger partial charge is 0.426 e. The minimum absolute atomic E-state index is 0.0566. The first-order valence-corrected chi connectivity index (χ1v) is 9.45. The molecule has 3 aliphatic rings. The van der Waals surface area contributed by atoms with Crippen molar-refractivity contribution >= 4 is 5.97 Å². The molecule has 2 bridgehead atoms. The number of fused-ring (bicyclic) bond motifs is 2. The predicted octanol–water partition coefficient (Wildman–Crippen LogP) is 5.26. The Morgan fingerprint density at radius 3 is 1.96 bits per heavy atom. The van der Waals surface area contributed by atoms with Crippen LogP contribution < -0.4 is 0 Å². The number of esters is 1. The Morgan fingerprint density at radius 1 is 1.07 bits per heavy atom. The molecule has 4 unspecified atom stereocenters. The molecule has 0 aromatic rings. The molecule has 3 rings (SSSR count). The Kier molecular flexibility index (Phi) is 5.63. The molecule has 0 spiro atoms. The lowest BCUT2D eigenvalue weighted by atomic mass is 9.44. The number of hydrogen-bond acceptors (Lipinski definition) is 3. The van der Waals surface area contributed by atoms with E-state index < -0.39 is 59.1 Å². The van der Waals surface area contributed by atoms with E-state index in [1.165, 1.54) is 0 Å². The monoisotopic (exact) mass is 418 g/mol. The number of carbonyl (C=O) groups is 1. The zero-order valence-electron chi connectivity index (χ0n) is 16.7. The molecule has 3 aliphatic carbocycles. The summed E-state index contributed by atoms with van der Waals surface area (Å²) < 4.78 is 84.9. The largest absolute Gasteiger partial charge is 0.462 e. The third-order valence-electron chi connectivity index (χ3n) is 7.22. The van der Waals surface area contributed by atoms with Crippen molar-refractivity contribution in [1.82, 2.24) is 0 Å². The lowest BCUT2D eigenvalue weighted by molar-refractivity contribution is -0.378. The standard InChI is InChI=1S/C19H28F6O3/c1-6-15(2,3)14(26)28-13-8-10-7-12(16(10,4)5)11(13)9-17(27,18(20,21)22)19(23,24)25/h10-13,27H,6-9H2,1-5H3. The first-order chi connectivity index (χ1) is 12.4. The number of aliphatic hydroxyl groups is 1. The maximum absolute atomic E-state index is 13.2. The molecule has 0 heterocycles. The number of ether oxygens (including phenoxy) is 1. The topological polar surface area (TPSA) is 46.5 Å². The lowest BCUT2D eigenvalue weighted by Gasteiger charge is -2.63. The summed E-state index contributed by atoms with van der Waals surface area (Å²) in [6.07, 6.45) is -13.3. The second-order valence-corrected chi connectivity index (χ2v) is 9.50. The second kappa shape index (κ2) is 6.77. The van der Waals surface area contributed by atoms with Gasteiger partial charge in [-0.1, -0.05) is 20.8 Å². The average molecular weight is 418 g/mol. The Morgan fingerprint density at radius 2 is 1.57 bits per heavy atom. The summed E-state index contributed by atoms with van der Waals surface area (Å²) in [4.78, 5) is 12.4. The van der Waals surface area contributed by atoms with Crippen molar-refractivity contribution in [3.05, 3.63) is 0 Å². The van der Waals surface area contributed by atoms with E-state index in [-0.39, 0.29) is 12.3 Å². The first kappa shape index (κ1) is 23.3. The van der Waals surface area contributed by atoms with Gasteiger partial charge in [-0.25, -0.2) is 0 Å². The molecule has 0 radical (unpaired) electrons. The molecule has 3 nitrogen and oxygen atoms in total. The van der Waals surface area contributed by atoms with Crippen LogP contribution in [-0.2, 0) is 9.53 Å². The summed E-state index contributed by atoms with van der Waals surface area (Å²) in [7, 11) is 0. The maximum Gasteiger partial charge on any atom is 0.426 e. The van der Waals surface area contributed by atoms with E-state index in [1.807, 2.05) is 0 Å². The lowest BCUT2D eigenvalue weighted by Crippen LogP contribution is -2.64. The van der Waals surface area contributed by atoms with Crippen LogP contribution in [0.2, 0.25) is 0 Å². The number of rotatable bonds is 5. The summed E-state index contributed by atoms with van der Waals surface area (Å²) >= 11 is 0. The van der Waals surface area contributed by atoms with Crippen LogP contribution in [0.4, 0.5) is 26.3 Å². The molecule has 3 saturated carbocycles. The van der Waals surface area contributed by atoms with Gasteiger partial charge in [0.2, 0.25) is 0 Å². The third-order valence-corrected chi connectivity index (χ3v) is 7.22. The fourth-order valence-electron chi connectivity index (χ4n) is 4.48. The molecule has 164 valence electrons. The fraction of sp³-hybridized carbons (Fsp3) is 0.947. The molecule has 9 heteroatoms. The quantitative estimate of drug-likeness (QED) is 0.489. The highest BCUT2D eigenvalue weighted by Gasteiger charge is 2.73. The van der Waals surface area contributed by atoms with E-state index in [9.17, 15) is 36.2 Å². The van der Waals surface area contributed by atoms with Crippen LogP contribution in [0.1, 0.15) is 60.3 Å². The predicted molar refractivity (Wildman–Crippen MR) is 89.1 cm³/mol. The van der Waals surface area contributed by atoms with E-state index in [4.69, 9.17) is 4.74 Å². The van der Waals surface area contributed by atoms with Gasteiger partial charge in [0.25, 0.3) is 5.60 Å². The van der Waals surface area contributed by atoms with Crippen LogP contribution in [0, 0.1) is 28.6 Å². The molecule has 4 atom stereocenters. The van der Waals surface area contributed by atoms with Crippen LogP contribution in [0.3, 0.4) is 0 Å². The molecule has 0 amide bonds. The normalized spacial score (nSPS) is 30.6. The van der Waals surface area contributed by atoms with Crippen molar-refractivity contribution in [1.29, 1.82) is 0 Å². The van der Waals surface area contributed by atoms with E-state index in [0.717, 1.165) is 0 Å². The van der Waals surface area contributed by atoms with Crippen molar-refractivity contribution in [2.75, 3.05) is 0 Å². The second-order valence-electron chi connectivity index (χ2n) is 9.50. The van der Waals surface area contributed by atoms with Crippen molar-refractivity contribution in [2.24, 2.45) is 28.6 Å². The summed E-state index contributed by atoms with van der Waals surface area (Å²) in [5.41, 5.74) is -6.20. The molecular formula is C19H28F6O3. The fourth-order valence-corrected chi connectivity index (χ4v) is 4.48. The zero-order valence-corrected chi connectivity index (χ0v) is 16.7. The molecule has 28 heavy (non-hydrogen) atoms. The zero-order chi connectivity index (χ0) is 21.9. The highest BCUT2D eigenvalue weighted by atomic mass is 19.4. The van der Waals surface area contributed by atoms with E-state index in [0.29, 0.717) is 12.8 Å². The number of alkyl halides is 6. The van der Waals surface area contributed by atoms with E-state index in [2.05, 4.69) is 0 Å². The Hall–Kier alpha value is -0.990. The Bertz CT molecular complexity index is 594. The summed E-state index contributed by atoms with van der Waals surface area (Å²) in [6.45, 7) is 8.56. The Balaban J connectivity index is 2.36. The maximum atomic E-state index is 13.2. The average Bonchev–Trinajstić information content (AvgIpc) is 2.53. The highest BCUT2D eigenvalue weighted by Crippen LogP contribution is 2.64. The molecule has 0 aliphatic heterocycles. The van der Waals surface area contributed by atoms with Crippen molar-refractivity contribution < 1.29 is 41.0 Å². The molecule has 0 aromatic heterocycles. The number of carbonyl (C=O) groups excluding carboxylic acids is 1. The highest BCUT2D eigenvalue weighted by molar-refractivity contribution is 5.76. The number of hydrogen-bond donors (Lipinski definition) is 1. The van der Waals surface area contributed by atoms with Gasteiger partial charge in [-0.2, -0.15) is 26.3 Å². The summed E-state index contributed by atoms with van der Waals surface area (Å²) in [5, 5.41) is 9.71. The minimum Gasteiger partial charge on any atom is -0.462 e.